The third kappa shape index (κ3) is 4.05. The molecule has 0 N–H and O–H groups in total. The predicted molar refractivity (Wildman–Crippen MR) is 98.7 cm³/mol. The fraction of sp³-hybridized carbons (Fsp3) is 0.263. The number of halogens is 3. The summed E-state index contributed by atoms with van der Waals surface area (Å²) in [5.41, 5.74) is -0.787. The van der Waals surface area contributed by atoms with Crippen LogP contribution in [-0.4, -0.2) is 56.7 Å². The van der Waals surface area contributed by atoms with Gasteiger partial charge in [0.15, 0.2) is 5.82 Å². The zero-order chi connectivity index (χ0) is 20.4. The molecule has 0 unspecified atom stereocenters. The highest BCUT2D eigenvalue weighted by Crippen LogP contribution is 2.30. The minimum Gasteiger partial charge on any atom is -0.353 e. The number of benzene rings is 1. The van der Waals surface area contributed by atoms with E-state index in [1.165, 1.54) is 18.5 Å². The normalized spacial score (nSPS) is 14.9. The molecule has 1 amide bonds. The molecule has 1 aliphatic heterocycles. The Kier molecular flexibility index (Phi) is 4.91. The molecule has 0 spiro atoms. The van der Waals surface area contributed by atoms with Gasteiger partial charge in [0.05, 0.1) is 5.56 Å². The number of nitrogens with zero attached hydrogens (tertiary/aromatic N) is 6. The van der Waals surface area contributed by atoms with E-state index >= 15 is 0 Å². The van der Waals surface area contributed by atoms with Crippen LogP contribution in [0, 0.1) is 0 Å². The minimum atomic E-state index is -4.48. The van der Waals surface area contributed by atoms with Crippen molar-refractivity contribution in [1.82, 2.24) is 24.6 Å². The van der Waals surface area contributed by atoms with Crippen LogP contribution in [0.5, 0.6) is 0 Å². The highest BCUT2D eigenvalue weighted by molar-refractivity contribution is 5.94. The summed E-state index contributed by atoms with van der Waals surface area (Å²) in [5, 5.41) is 4.14. The lowest BCUT2D eigenvalue weighted by Gasteiger charge is -2.35. The first kappa shape index (κ1) is 18.9. The van der Waals surface area contributed by atoms with Gasteiger partial charge < -0.3 is 9.80 Å². The number of hydrogen-bond acceptors (Lipinski definition) is 5. The van der Waals surface area contributed by atoms with Gasteiger partial charge in [0, 0.05) is 50.2 Å². The number of anilines is 1. The SMILES string of the molecule is O=C(c1cccc(C(F)(F)F)c1)N1CCN(c2cc(-n3cccn3)ncn2)CC1. The lowest BCUT2D eigenvalue weighted by molar-refractivity contribution is -0.137. The number of carbonyl (C=O) groups is 1. The number of aromatic nitrogens is 4. The second-order valence-corrected chi connectivity index (χ2v) is 6.54. The van der Waals surface area contributed by atoms with Crippen LogP contribution in [0.2, 0.25) is 0 Å². The maximum Gasteiger partial charge on any atom is 0.416 e. The van der Waals surface area contributed by atoms with E-state index in [2.05, 4.69) is 15.1 Å². The molecular formula is C19H17F3N6O. The number of carbonyl (C=O) groups excluding carboxylic acids is 1. The number of amides is 1. The van der Waals surface area contributed by atoms with Crippen LogP contribution in [0.4, 0.5) is 19.0 Å². The van der Waals surface area contributed by atoms with Gasteiger partial charge in [0.2, 0.25) is 0 Å². The van der Waals surface area contributed by atoms with E-state index in [0.717, 1.165) is 12.1 Å². The topological polar surface area (TPSA) is 67.2 Å². The van der Waals surface area contributed by atoms with Crippen LogP contribution in [0.15, 0.2) is 55.1 Å². The molecule has 10 heteroatoms. The Labute approximate surface area is 164 Å². The van der Waals surface area contributed by atoms with Crippen molar-refractivity contribution in [2.24, 2.45) is 0 Å². The highest BCUT2D eigenvalue weighted by atomic mass is 19.4. The number of hydrogen-bond donors (Lipinski definition) is 0. The van der Waals surface area contributed by atoms with Crippen molar-refractivity contribution in [3.63, 3.8) is 0 Å². The van der Waals surface area contributed by atoms with Gasteiger partial charge in [-0.1, -0.05) is 6.07 Å². The third-order valence-corrected chi connectivity index (χ3v) is 4.71. The molecule has 0 atom stereocenters. The Morgan fingerprint density at radius 2 is 1.72 bits per heavy atom. The maximum atomic E-state index is 12.9. The van der Waals surface area contributed by atoms with E-state index in [9.17, 15) is 18.0 Å². The summed E-state index contributed by atoms with van der Waals surface area (Å²) in [6.07, 6.45) is 0.401. The Hall–Kier alpha value is -3.43. The maximum absolute atomic E-state index is 12.9. The lowest BCUT2D eigenvalue weighted by Crippen LogP contribution is -2.49. The first-order chi connectivity index (χ1) is 13.9. The third-order valence-electron chi connectivity index (χ3n) is 4.71. The molecule has 1 aliphatic rings. The average Bonchev–Trinajstić information content (AvgIpc) is 3.28. The average molecular weight is 402 g/mol. The molecule has 4 rings (SSSR count). The van der Waals surface area contributed by atoms with E-state index in [4.69, 9.17) is 0 Å². The monoisotopic (exact) mass is 402 g/mol. The van der Waals surface area contributed by atoms with Gasteiger partial charge in [-0.2, -0.15) is 18.3 Å². The molecule has 150 valence electrons. The van der Waals surface area contributed by atoms with Crippen LogP contribution in [0.1, 0.15) is 15.9 Å². The van der Waals surface area contributed by atoms with Crippen molar-refractivity contribution >= 4 is 11.7 Å². The van der Waals surface area contributed by atoms with E-state index in [-0.39, 0.29) is 5.56 Å². The van der Waals surface area contributed by atoms with Gasteiger partial charge in [-0.3, -0.25) is 4.79 Å². The molecule has 0 bridgehead atoms. The van der Waals surface area contributed by atoms with Crippen molar-refractivity contribution in [1.29, 1.82) is 0 Å². The zero-order valence-electron chi connectivity index (χ0n) is 15.3. The molecule has 0 radical (unpaired) electrons. The highest BCUT2D eigenvalue weighted by Gasteiger charge is 2.31. The zero-order valence-corrected chi connectivity index (χ0v) is 15.3. The second-order valence-electron chi connectivity index (χ2n) is 6.54. The summed E-state index contributed by atoms with van der Waals surface area (Å²) < 4.78 is 40.3. The molecule has 1 aromatic carbocycles. The second kappa shape index (κ2) is 7.53. The summed E-state index contributed by atoms with van der Waals surface area (Å²) in [6.45, 7) is 1.80. The molecule has 29 heavy (non-hydrogen) atoms. The van der Waals surface area contributed by atoms with E-state index < -0.39 is 17.6 Å². The molecule has 2 aromatic heterocycles. The molecule has 7 nitrogen and oxygen atoms in total. The number of rotatable bonds is 3. The number of piperazine rings is 1. The van der Waals surface area contributed by atoms with Gasteiger partial charge in [-0.25, -0.2) is 14.6 Å². The van der Waals surface area contributed by atoms with Crippen LogP contribution in [-0.2, 0) is 6.18 Å². The summed E-state index contributed by atoms with van der Waals surface area (Å²) in [6, 6.07) is 8.11. The summed E-state index contributed by atoms with van der Waals surface area (Å²) in [5.74, 6) is 0.926. The summed E-state index contributed by atoms with van der Waals surface area (Å²) in [4.78, 5) is 24.7. The lowest BCUT2D eigenvalue weighted by atomic mass is 10.1. The van der Waals surface area contributed by atoms with Crippen molar-refractivity contribution in [2.45, 2.75) is 6.18 Å². The van der Waals surface area contributed by atoms with Gasteiger partial charge >= 0.3 is 6.18 Å². The minimum absolute atomic E-state index is 0.0382. The van der Waals surface area contributed by atoms with Crippen LogP contribution < -0.4 is 4.90 Å². The quantitative estimate of drug-likeness (QED) is 0.674. The summed E-state index contributed by atoms with van der Waals surface area (Å²) >= 11 is 0. The standard InChI is InChI=1S/C19H17F3N6O/c20-19(21,22)15-4-1-3-14(11-15)18(29)27-9-7-26(8-10-27)16-12-17(24-13-23-16)28-6-2-5-25-28/h1-6,11-13H,7-10H2. The van der Waals surface area contributed by atoms with Crippen molar-refractivity contribution in [3.05, 3.63) is 66.2 Å². The Morgan fingerprint density at radius 1 is 0.966 bits per heavy atom. The van der Waals surface area contributed by atoms with Gasteiger partial charge in [0.1, 0.15) is 12.1 Å². The van der Waals surface area contributed by atoms with E-state index in [1.807, 2.05) is 4.90 Å². The Balaban J connectivity index is 1.44. The Bertz CT molecular complexity index is 997. The van der Waals surface area contributed by atoms with Gasteiger partial charge in [-0.05, 0) is 24.3 Å². The Morgan fingerprint density at radius 3 is 2.41 bits per heavy atom. The molecule has 0 aliphatic carbocycles. The van der Waals surface area contributed by atoms with Gasteiger partial charge in [-0.15, -0.1) is 0 Å². The first-order valence-corrected chi connectivity index (χ1v) is 8.95. The molecule has 0 saturated carbocycles. The largest absolute Gasteiger partial charge is 0.416 e. The fourth-order valence-electron chi connectivity index (χ4n) is 3.19. The van der Waals surface area contributed by atoms with Crippen LogP contribution in [0.25, 0.3) is 5.82 Å². The van der Waals surface area contributed by atoms with Crippen LogP contribution in [0.3, 0.4) is 0 Å². The molecular weight excluding hydrogens is 385 g/mol. The molecule has 3 heterocycles. The van der Waals surface area contributed by atoms with E-state index in [0.29, 0.717) is 37.8 Å². The predicted octanol–water partition coefficient (Wildman–Crippen LogP) is 2.64. The molecule has 3 aromatic rings. The first-order valence-electron chi connectivity index (χ1n) is 8.95. The van der Waals surface area contributed by atoms with Crippen LogP contribution >= 0.6 is 0 Å². The smallest absolute Gasteiger partial charge is 0.353 e. The number of alkyl halides is 3. The molecule has 1 saturated heterocycles. The van der Waals surface area contributed by atoms with Gasteiger partial charge in [0.25, 0.3) is 5.91 Å². The summed E-state index contributed by atoms with van der Waals surface area (Å²) in [7, 11) is 0. The van der Waals surface area contributed by atoms with Crippen molar-refractivity contribution < 1.29 is 18.0 Å². The molecule has 1 fully saturated rings. The van der Waals surface area contributed by atoms with Crippen molar-refractivity contribution in [3.8, 4) is 5.82 Å². The fourth-order valence-corrected chi connectivity index (χ4v) is 3.19. The van der Waals surface area contributed by atoms with Crippen molar-refractivity contribution in [2.75, 3.05) is 31.1 Å². The van der Waals surface area contributed by atoms with E-state index in [1.54, 1.807) is 34.1 Å².